The van der Waals surface area contributed by atoms with Crippen LogP contribution >= 0.6 is 0 Å². The summed E-state index contributed by atoms with van der Waals surface area (Å²) in [7, 11) is -3.69. The predicted molar refractivity (Wildman–Crippen MR) is 146 cm³/mol. The number of benzene rings is 3. The molecule has 0 aliphatic carbocycles. The lowest BCUT2D eigenvalue weighted by molar-refractivity contribution is -0.159. The summed E-state index contributed by atoms with van der Waals surface area (Å²) in [5, 5.41) is 16.7. The summed E-state index contributed by atoms with van der Waals surface area (Å²) in [6.07, 6.45) is 3.16. The largest absolute Gasteiger partial charge is 0.489 e. The van der Waals surface area contributed by atoms with Crippen LogP contribution in [0.1, 0.15) is 32.3 Å². The van der Waals surface area contributed by atoms with E-state index in [0.29, 0.717) is 29.5 Å². The van der Waals surface area contributed by atoms with E-state index in [1.807, 2.05) is 42.5 Å². The number of fused-ring (bicyclic) bond motifs is 2. The van der Waals surface area contributed by atoms with E-state index >= 15 is 0 Å². The minimum Gasteiger partial charge on any atom is -0.489 e. The van der Waals surface area contributed by atoms with Crippen LogP contribution in [0.15, 0.2) is 65.6 Å². The summed E-state index contributed by atoms with van der Waals surface area (Å²) in [6, 6.07) is 19.1. The minimum atomic E-state index is -3.69. The maximum absolute atomic E-state index is 13.6. The van der Waals surface area contributed by atoms with E-state index in [-0.39, 0.29) is 0 Å². The first-order chi connectivity index (χ1) is 18.2. The van der Waals surface area contributed by atoms with Gasteiger partial charge in [0.2, 0.25) is 0 Å². The summed E-state index contributed by atoms with van der Waals surface area (Å²) >= 11 is 0. The highest BCUT2D eigenvalue weighted by Gasteiger charge is 2.30. The monoisotopic (exact) mass is 542 g/mol. The van der Waals surface area contributed by atoms with Crippen molar-refractivity contribution in [2.45, 2.75) is 38.0 Å². The number of sulfonamides is 1. The Labute approximate surface area is 223 Å². The average Bonchev–Trinajstić information content (AvgIpc) is 2.91. The number of hydrogen-bond acceptors (Lipinski definition) is 6. The summed E-state index contributed by atoms with van der Waals surface area (Å²) in [6.45, 7) is 8.21. The smallest absolute Gasteiger partial charge is 0.414 e. The van der Waals surface area contributed by atoms with Crippen LogP contribution in [0, 0.1) is 0 Å². The molecular formula is C28H34N2O7S. The third-order valence-corrected chi connectivity index (χ3v) is 7.94. The normalized spacial score (nSPS) is 12.9. The molecular weight excluding hydrogens is 508 g/mol. The van der Waals surface area contributed by atoms with E-state index in [1.165, 1.54) is 4.31 Å². The van der Waals surface area contributed by atoms with E-state index in [1.54, 1.807) is 12.1 Å². The fourth-order valence-electron chi connectivity index (χ4n) is 4.35. The van der Waals surface area contributed by atoms with Gasteiger partial charge in [0, 0.05) is 6.54 Å². The summed E-state index contributed by atoms with van der Waals surface area (Å²) in [4.78, 5) is 21.0. The third kappa shape index (κ3) is 7.23. The Balaban J connectivity index is 0.000000599. The maximum Gasteiger partial charge on any atom is 0.414 e. The van der Waals surface area contributed by atoms with Crippen molar-refractivity contribution in [2.75, 3.05) is 37.1 Å². The second-order valence-corrected chi connectivity index (χ2v) is 10.8. The second kappa shape index (κ2) is 13.3. The molecule has 3 aromatic carbocycles. The van der Waals surface area contributed by atoms with Crippen LogP contribution in [0.3, 0.4) is 0 Å². The zero-order valence-corrected chi connectivity index (χ0v) is 22.5. The molecule has 1 aliphatic heterocycles. The highest BCUT2D eigenvalue weighted by Crippen LogP contribution is 2.36. The number of carbonyl (C=O) groups is 2. The van der Waals surface area contributed by atoms with Gasteiger partial charge in [-0.05, 0) is 73.0 Å². The Morgan fingerprint density at radius 3 is 2.18 bits per heavy atom. The molecule has 3 aromatic rings. The fraction of sp³-hybridized carbons (Fsp3) is 0.357. The highest BCUT2D eigenvalue weighted by atomic mass is 32.2. The number of hydrogen-bond donors (Lipinski definition) is 2. The number of aliphatic carboxylic acids is 2. The van der Waals surface area contributed by atoms with Gasteiger partial charge in [0.05, 0.1) is 17.1 Å². The molecule has 1 heterocycles. The molecule has 0 unspecified atom stereocenters. The lowest BCUT2D eigenvalue weighted by Gasteiger charge is -2.31. The van der Waals surface area contributed by atoms with Crippen LogP contribution in [0.5, 0.6) is 5.75 Å². The van der Waals surface area contributed by atoms with Crippen LogP contribution in [-0.4, -0.2) is 68.3 Å². The zero-order valence-electron chi connectivity index (χ0n) is 21.7. The number of carboxylic acids is 2. The Hall–Kier alpha value is -3.63. The molecule has 4 rings (SSSR count). The Morgan fingerprint density at radius 1 is 0.895 bits per heavy atom. The van der Waals surface area contributed by atoms with E-state index in [4.69, 9.17) is 24.5 Å². The third-order valence-electron chi connectivity index (χ3n) is 6.13. The van der Waals surface area contributed by atoms with Crippen molar-refractivity contribution in [3.8, 4) is 5.75 Å². The van der Waals surface area contributed by atoms with E-state index in [9.17, 15) is 8.42 Å². The van der Waals surface area contributed by atoms with Crippen molar-refractivity contribution in [1.82, 2.24) is 4.90 Å². The lowest BCUT2D eigenvalue weighted by Crippen LogP contribution is -2.38. The molecule has 0 amide bonds. The first-order valence-electron chi connectivity index (χ1n) is 12.6. The number of rotatable bonds is 9. The van der Waals surface area contributed by atoms with Crippen LogP contribution in [0.2, 0.25) is 0 Å². The standard InChI is InChI=1S/C26H32N2O3S.C2H2O4/c1-3-14-27(15-4-2)16-13-21-9-12-26-25(19-21)28(17-18-31-26)32(29,30)24-11-10-22-7-5-6-8-23(22)20-24;3-1(4)2(5)6/h5-12,19-20H,3-4,13-18H2,1-2H3;(H,3,4)(H,5,6). The molecule has 0 saturated carbocycles. The van der Waals surface area contributed by atoms with Crippen LogP contribution in [0.25, 0.3) is 10.8 Å². The summed E-state index contributed by atoms with van der Waals surface area (Å²) in [5.74, 6) is -3.02. The average molecular weight is 543 g/mol. The second-order valence-electron chi connectivity index (χ2n) is 8.94. The van der Waals surface area contributed by atoms with Crippen molar-refractivity contribution in [2.24, 2.45) is 0 Å². The molecule has 9 nitrogen and oxygen atoms in total. The number of anilines is 1. The molecule has 0 radical (unpaired) electrons. The van der Waals surface area contributed by atoms with Crippen LogP contribution in [0.4, 0.5) is 5.69 Å². The Bertz CT molecular complexity index is 1360. The molecule has 0 aromatic heterocycles. The molecule has 10 heteroatoms. The molecule has 38 heavy (non-hydrogen) atoms. The van der Waals surface area contributed by atoms with Crippen molar-refractivity contribution >= 4 is 38.4 Å². The number of nitrogens with zero attached hydrogens (tertiary/aromatic N) is 2. The van der Waals surface area contributed by atoms with Crippen molar-refractivity contribution in [1.29, 1.82) is 0 Å². The molecule has 0 saturated heterocycles. The molecule has 2 N–H and O–H groups in total. The summed E-state index contributed by atoms with van der Waals surface area (Å²) in [5.41, 5.74) is 1.77. The van der Waals surface area contributed by atoms with Crippen molar-refractivity contribution in [3.05, 3.63) is 66.2 Å². The maximum atomic E-state index is 13.6. The molecule has 0 bridgehead atoms. The molecule has 0 fully saturated rings. The summed E-state index contributed by atoms with van der Waals surface area (Å²) < 4.78 is 34.5. The molecule has 0 atom stereocenters. The van der Waals surface area contributed by atoms with Gasteiger partial charge in [0.15, 0.2) is 0 Å². The fourth-order valence-corrected chi connectivity index (χ4v) is 5.84. The van der Waals surface area contributed by atoms with E-state index in [0.717, 1.165) is 55.2 Å². The quantitative estimate of drug-likeness (QED) is 0.385. The molecule has 204 valence electrons. The van der Waals surface area contributed by atoms with Crippen LogP contribution in [-0.2, 0) is 26.0 Å². The topological polar surface area (TPSA) is 124 Å². The van der Waals surface area contributed by atoms with Gasteiger partial charge in [0.1, 0.15) is 12.4 Å². The van der Waals surface area contributed by atoms with Crippen molar-refractivity contribution in [3.63, 3.8) is 0 Å². The van der Waals surface area contributed by atoms with Crippen molar-refractivity contribution < 1.29 is 33.0 Å². The van der Waals surface area contributed by atoms with Gasteiger partial charge in [-0.15, -0.1) is 0 Å². The molecule has 1 aliphatic rings. The van der Waals surface area contributed by atoms with E-state index < -0.39 is 22.0 Å². The van der Waals surface area contributed by atoms with Gasteiger partial charge in [0.25, 0.3) is 10.0 Å². The zero-order chi connectivity index (χ0) is 27.7. The van der Waals surface area contributed by atoms with Gasteiger partial charge < -0.3 is 19.8 Å². The SMILES string of the molecule is CCCN(CCC)CCc1ccc2c(c1)N(S(=O)(=O)c1ccc3ccccc3c1)CCO2.O=C(O)C(=O)O. The Morgan fingerprint density at radius 2 is 1.55 bits per heavy atom. The number of carboxylic acid groups (broad SMARTS) is 2. The lowest BCUT2D eigenvalue weighted by atomic mass is 10.1. The predicted octanol–water partition coefficient (Wildman–Crippen LogP) is 4.25. The highest BCUT2D eigenvalue weighted by molar-refractivity contribution is 7.92. The first kappa shape index (κ1) is 28.9. The van der Waals surface area contributed by atoms with Crippen LogP contribution < -0.4 is 9.04 Å². The first-order valence-corrected chi connectivity index (χ1v) is 14.1. The minimum absolute atomic E-state index is 0.309. The number of ether oxygens (including phenoxy) is 1. The van der Waals surface area contributed by atoms with Gasteiger partial charge in [-0.2, -0.15) is 0 Å². The van der Waals surface area contributed by atoms with E-state index in [2.05, 4.69) is 24.8 Å². The van der Waals surface area contributed by atoms with Gasteiger partial charge in [-0.3, -0.25) is 4.31 Å². The Kier molecular flexibility index (Phi) is 10.1. The molecule has 0 spiro atoms. The van der Waals surface area contributed by atoms with Gasteiger partial charge in [-0.1, -0.05) is 50.2 Å². The van der Waals surface area contributed by atoms with Gasteiger partial charge >= 0.3 is 11.9 Å². The van der Waals surface area contributed by atoms with Gasteiger partial charge in [-0.25, -0.2) is 18.0 Å².